The number of nitrogens with zero attached hydrogens (tertiary/aromatic N) is 2. The lowest BCUT2D eigenvalue weighted by Crippen LogP contribution is -2.67. The highest BCUT2D eigenvalue weighted by Crippen LogP contribution is 2.62. The molecule has 4 aliphatic rings. The van der Waals surface area contributed by atoms with Crippen LogP contribution in [-0.4, -0.2) is 44.0 Å². The molecule has 0 aromatic rings. The Balaban J connectivity index is 2.22. The Hall–Kier alpha value is -2.12. The Labute approximate surface area is 113 Å². The predicted octanol–water partition coefficient (Wildman–Crippen LogP) is 0.622. The van der Waals surface area contributed by atoms with Crippen molar-refractivity contribution in [3.63, 3.8) is 0 Å². The van der Waals surface area contributed by atoms with E-state index in [2.05, 4.69) is 10.3 Å². The van der Waals surface area contributed by atoms with Crippen LogP contribution in [-0.2, 0) is 9.59 Å². The Bertz CT molecular complexity index is 522. The Morgan fingerprint density at radius 1 is 0.950 bits per heavy atom. The normalized spacial score (nSPS) is 46.0. The van der Waals surface area contributed by atoms with Gasteiger partial charge in [0.25, 0.3) is 0 Å². The van der Waals surface area contributed by atoms with Crippen LogP contribution in [0.2, 0.25) is 0 Å². The Morgan fingerprint density at radius 3 is 1.65 bits per heavy atom. The molecule has 4 saturated carbocycles. The summed E-state index contributed by atoms with van der Waals surface area (Å²) in [7, 11) is 0. The maximum Gasteiger partial charge on any atom is 0.315 e. The number of carboxylic acid groups (broad SMARTS) is 2. The van der Waals surface area contributed by atoms with E-state index in [9.17, 15) is 19.8 Å². The van der Waals surface area contributed by atoms with Gasteiger partial charge in [-0.05, 0) is 25.7 Å². The molecule has 8 nitrogen and oxygen atoms in total. The Kier molecular flexibility index (Phi) is 2.39. The lowest BCUT2D eigenvalue weighted by Gasteiger charge is -2.58. The number of oxime groups is 2. The summed E-state index contributed by atoms with van der Waals surface area (Å²) in [5.41, 5.74) is -2.61. The fraction of sp³-hybridized carbons (Fsp3) is 0.667. The zero-order valence-electron chi connectivity index (χ0n) is 10.5. The standard InChI is InChI=1S/C12H14N2O6/c15-9(16)11-2-5-1-6(8(11)14-20)3-12(4-11,10(17)18)7(5)13-19/h5-6,19-20H,1-4H2,(H,15,16)(H,17,18)/b13-7-,14-8+. The van der Waals surface area contributed by atoms with Gasteiger partial charge in [0.15, 0.2) is 0 Å². The molecule has 0 heterocycles. The summed E-state index contributed by atoms with van der Waals surface area (Å²) in [6, 6.07) is 0. The summed E-state index contributed by atoms with van der Waals surface area (Å²) < 4.78 is 0. The number of carboxylic acids is 2. The van der Waals surface area contributed by atoms with Crippen molar-refractivity contribution in [1.82, 2.24) is 0 Å². The molecule has 4 rings (SSSR count). The minimum Gasteiger partial charge on any atom is -0.481 e. The van der Waals surface area contributed by atoms with Gasteiger partial charge in [0, 0.05) is 11.8 Å². The van der Waals surface area contributed by atoms with Gasteiger partial charge in [-0.3, -0.25) is 9.59 Å². The van der Waals surface area contributed by atoms with Crippen molar-refractivity contribution in [2.24, 2.45) is 33.0 Å². The minimum absolute atomic E-state index is 0.118. The second kappa shape index (κ2) is 3.71. The molecule has 4 aliphatic carbocycles. The molecule has 0 aliphatic heterocycles. The molecular weight excluding hydrogens is 268 g/mol. The molecule has 0 aromatic carbocycles. The van der Waals surface area contributed by atoms with Gasteiger partial charge in [0.1, 0.15) is 10.8 Å². The average Bonchev–Trinajstić information content (AvgIpc) is 2.37. The predicted molar refractivity (Wildman–Crippen MR) is 64.0 cm³/mol. The maximum absolute atomic E-state index is 11.7. The van der Waals surface area contributed by atoms with Crippen molar-refractivity contribution in [2.45, 2.75) is 25.7 Å². The van der Waals surface area contributed by atoms with E-state index in [4.69, 9.17) is 10.4 Å². The highest BCUT2D eigenvalue weighted by atomic mass is 16.4. The molecular formula is C12H14N2O6. The second-order valence-corrected chi connectivity index (χ2v) is 5.96. The molecule has 4 unspecified atom stereocenters. The van der Waals surface area contributed by atoms with Crippen LogP contribution < -0.4 is 0 Å². The molecule has 4 fully saturated rings. The number of aliphatic carboxylic acids is 2. The lowest BCUT2D eigenvalue weighted by molar-refractivity contribution is -0.158. The van der Waals surface area contributed by atoms with Crippen LogP contribution in [0.1, 0.15) is 25.7 Å². The van der Waals surface area contributed by atoms with Crippen LogP contribution in [0.15, 0.2) is 10.3 Å². The zero-order valence-corrected chi connectivity index (χ0v) is 10.5. The first-order valence-electron chi connectivity index (χ1n) is 6.33. The first kappa shape index (κ1) is 12.9. The van der Waals surface area contributed by atoms with Gasteiger partial charge in [0.05, 0.1) is 11.4 Å². The van der Waals surface area contributed by atoms with Crippen LogP contribution in [0.25, 0.3) is 0 Å². The van der Waals surface area contributed by atoms with E-state index in [0.717, 1.165) is 0 Å². The van der Waals surface area contributed by atoms with Crippen molar-refractivity contribution < 1.29 is 30.2 Å². The summed E-state index contributed by atoms with van der Waals surface area (Å²) in [6.45, 7) is 0. The third-order valence-corrected chi connectivity index (χ3v) is 5.15. The van der Waals surface area contributed by atoms with Crippen molar-refractivity contribution in [1.29, 1.82) is 0 Å². The smallest absolute Gasteiger partial charge is 0.315 e. The first-order chi connectivity index (χ1) is 9.41. The van der Waals surface area contributed by atoms with Crippen molar-refractivity contribution in [3.8, 4) is 0 Å². The highest BCUT2D eigenvalue weighted by molar-refractivity contribution is 6.18. The number of hydrogen-bond donors (Lipinski definition) is 4. The first-order valence-corrected chi connectivity index (χ1v) is 6.33. The number of carbonyl (C=O) groups is 2. The quantitative estimate of drug-likeness (QED) is 0.432. The SMILES string of the molecule is O=C(O)C12CC3CC(CC(C(=O)O)(C1)/C3=N/O)/C2=N/O. The average molecular weight is 282 g/mol. The molecule has 0 amide bonds. The van der Waals surface area contributed by atoms with Gasteiger partial charge < -0.3 is 20.6 Å². The van der Waals surface area contributed by atoms with Gasteiger partial charge in [-0.1, -0.05) is 10.3 Å². The van der Waals surface area contributed by atoms with E-state index in [1.54, 1.807) is 0 Å². The largest absolute Gasteiger partial charge is 0.481 e. The molecule has 108 valence electrons. The van der Waals surface area contributed by atoms with E-state index in [0.29, 0.717) is 6.42 Å². The fourth-order valence-corrected chi connectivity index (χ4v) is 4.50. The summed E-state index contributed by atoms with van der Waals surface area (Å²) in [6.07, 6.45) is 0.471. The van der Waals surface area contributed by atoms with Crippen LogP contribution in [0.5, 0.6) is 0 Å². The number of hydrogen-bond acceptors (Lipinski definition) is 6. The van der Waals surface area contributed by atoms with Crippen LogP contribution in [0.4, 0.5) is 0 Å². The van der Waals surface area contributed by atoms with Gasteiger partial charge in [-0.2, -0.15) is 0 Å². The molecule has 0 spiro atoms. The molecule has 4 atom stereocenters. The summed E-state index contributed by atoms with van der Waals surface area (Å²) in [5.74, 6) is -3.15. The van der Waals surface area contributed by atoms with Crippen molar-refractivity contribution >= 4 is 23.4 Å². The van der Waals surface area contributed by atoms with Crippen LogP contribution in [0.3, 0.4) is 0 Å². The van der Waals surface area contributed by atoms with E-state index in [1.165, 1.54) is 0 Å². The summed E-state index contributed by atoms with van der Waals surface area (Å²) in [5, 5.41) is 43.7. The molecule has 8 heteroatoms. The fourth-order valence-electron chi connectivity index (χ4n) is 4.50. The zero-order chi connectivity index (χ0) is 14.7. The molecule has 4 bridgehead atoms. The maximum atomic E-state index is 11.7. The van der Waals surface area contributed by atoms with E-state index >= 15 is 0 Å². The van der Waals surface area contributed by atoms with Gasteiger partial charge in [0.2, 0.25) is 0 Å². The molecule has 4 N–H and O–H groups in total. The van der Waals surface area contributed by atoms with Crippen LogP contribution >= 0.6 is 0 Å². The summed E-state index contributed by atoms with van der Waals surface area (Å²) >= 11 is 0. The highest BCUT2D eigenvalue weighted by Gasteiger charge is 2.70. The minimum atomic E-state index is -1.47. The third-order valence-electron chi connectivity index (χ3n) is 5.15. The Morgan fingerprint density at radius 2 is 1.35 bits per heavy atom. The molecule has 20 heavy (non-hydrogen) atoms. The lowest BCUT2D eigenvalue weighted by atomic mass is 9.42. The summed E-state index contributed by atoms with van der Waals surface area (Å²) in [4.78, 5) is 23.4. The topological polar surface area (TPSA) is 140 Å². The van der Waals surface area contributed by atoms with Crippen molar-refractivity contribution in [2.75, 3.05) is 0 Å². The van der Waals surface area contributed by atoms with Gasteiger partial charge in [-0.15, -0.1) is 0 Å². The third kappa shape index (κ3) is 1.21. The van der Waals surface area contributed by atoms with E-state index in [1.807, 2.05) is 0 Å². The second-order valence-electron chi connectivity index (χ2n) is 5.96. The monoisotopic (exact) mass is 282 g/mol. The molecule has 0 aromatic heterocycles. The van der Waals surface area contributed by atoms with Crippen molar-refractivity contribution in [3.05, 3.63) is 0 Å². The van der Waals surface area contributed by atoms with E-state index < -0.39 is 34.6 Å². The van der Waals surface area contributed by atoms with Crippen LogP contribution in [0, 0.1) is 22.7 Å². The number of rotatable bonds is 2. The van der Waals surface area contributed by atoms with E-state index in [-0.39, 0.29) is 30.7 Å². The van der Waals surface area contributed by atoms with Gasteiger partial charge in [-0.25, -0.2) is 0 Å². The molecule has 0 saturated heterocycles. The molecule has 0 radical (unpaired) electrons. The van der Waals surface area contributed by atoms with Gasteiger partial charge >= 0.3 is 11.9 Å².